The van der Waals surface area contributed by atoms with Gasteiger partial charge in [0, 0.05) is 7.14 Å². The molecule has 0 nitrogen and oxygen atoms in total. The SMILES string of the molecule is [B][P+](c1ccccc1)(c1ccccc1)C1CC1. The maximum atomic E-state index is 6.86. The summed E-state index contributed by atoms with van der Waals surface area (Å²) >= 11 is 0. The molecule has 0 amide bonds. The van der Waals surface area contributed by atoms with Gasteiger partial charge in [0.2, 0.25) is 0 Å². The predicted molar refractivity (Wildman–Crippen MR) is 77.8 cm³/mol. The molecule has 0 N–H and O–H groups in total. The third-order valence-electron chi connectivity index (χ3n) is 3.49. The number of rotatable bonds is 3. The molecule has 2 aromatic carbocycles. The molecule has 1 aliphatic rings. The summed E-state index contributed by atoms with van der Waals surface area (Å²) in [6.45, 7) is 0. The Morgan fingerprint density at radius 3 is 1.53 bits per heavy atom. The predicted octanol–water partition coefficient (Wildman–Crippen LogP) is 2.90. The van der Waals surface area contributed by atoms with Gasteiger partial charge >= 0.3 is 7.57 Å². The fraction of sp³-hybridized carbons (Fsp3) is 0.200. The number of benzene rings is 2. The van der Waals surface area contributed by atoms with Gasteiger partial charge in [0.15, 0.2) is 0 Å². The van der Waals surface area contributed by atoms with Crippen molar-refractivity contribution < 1.29 is 0 Å². The van der Waals surface area contributed by atoms with E-state index in [0.717, 1.165) is 0 Å². The van der Waals surface area contributed by atoms with Gasteiger partial charge in [0.05, 0.1) is 16.3 Å². The minimum Gasteiger partial charge on any atom is -0.0620 e. The van der Waals surface area contributed by atoms with E-state index in [-0.39, 0.29) is 0 Å². The fourth-order valence-electron chi connectivity index (χ4n) is 2.40. The highest BCUT2D eigenvalue weighted by molar-refractivity contribution is 8.09. The fourth-order valence-corrected chi connectivity index (χ4v) is 5.84. The van der Waals surface area contributed by atoms with Gasteiger partial charge in [-0.05, 0) is 37.1 Å². The summed E-state index contributed by atoms with van der Waals surface area (Å²) in [5, 5.41) is 2.68. The first kappa shape index (κ1) is 11.0. The molecule has 1 aliphatic carbocycles. The minimum atomic E-state index is -1.63. The highest BCUT2D eigenvalue weighted by Crippen LogP contribution is 2.64. The summed E-state index contributed by atoms with van der Waals surface area (Å²) < 4.78 is 0. The van der Waals surface area contributed by atoms with Crippen molar-refractivity contribution in [2.75, 3.05) is 0 Å². The van der Waals surface area contributed by atoms with E-state index in [1.54, 1.807) is 0 Å². The van der Waals surface area contributed by atoms with Crippen LogP contribution >= 0.6 is 7.14 Å². The Morgan fingerprint density at radius 1 is 0.765 bits per heavy atom. The lowest BCUT2D eigenvalue weighted by molar-refractivity contribution is 1.48. The van der Waals surface area contributed by atoms with E-state index >= 15 is 0 Å². The van der Waals surface area contributed by atoms with Crippen LogP contribution in [0.1, 0.15) is 12.8 Å². The van der Waals surface area contributed by atoms with E-state index < -0.39 is 7.14 Å². The Kier molecular flexibility index (Phi) is 2.80. The lowest BCUT2D eigenvalue weighted by Gasteiger charge is -2.23. The normalized spacial score (nSPS) is 15.8. The molecular formula is C15H15BP+. The zero-order valence-corrected chi connectivity index (χ0v) is 10.7. The second-order valence-corrected chi connectivity index (χ2v) is 8.00. The molecule has 1 fully saturated rings. The van der Waals surface area contributed by atoms with E-state index in [1.165, 1.54) is 23.5 Å². The van der Waals surface area contributed by atoms with Crippen molar-refractivity contribution in [1.29, 1.82) is 0 Å². The first-order valence-electron chi connectivity index (χ1n) is 6.10. The average molecular weight is 237 g/mol. The Balaban J connectivity index is 2.11. The van der Waals surface area contributed by atoms with Crippen molar-refractivity contribution >= 4 is 25.3 Å². The molecular weight excluding hydrogens is 222 g/mol. The lowest BCUT2D eigenvalue weighted by atomic mass is 10.4. The van der Waals surface area contributed by atoms with Crippen LogP contribution < -0.4 is 10.6 Å². The van der Waals surface area contributed by atoms with E-state index in [1.807, 2.05) is 0 Å². The van der Waals surface area contributed by atoms with Crippen molar-refractivity contribution in [3.63, 3.8) is 0 Å². The first-order valence-corrected chi connectivity index (χ1v) is 8.03. The van der Waals surface area contributed by atoms with Gasteiger partial charge in [-0.15, -0.1) is 0 Å². The van der Waals surface area contributed by atoms with Crippen LogP contribution in [0.3, 0.4) is 0 Å². The third kappa shape index (κ3) is 1.94. The minimum absolute atomic E-state index is 0.701. The maximum absolute atomic E-state index is 6.86. The van der Waals surface area contributed by atoms with E-state index in [4.69, 9.17) is 7.57 Å². The van der Waals surface area contributed by atoms with E-state index in [0.29, 0.717) is 5.66 Å². The number of hydrogen-bond donors (Lipinski definition) is 0. The molecule has 0 heterocycles. The highest BCUT2D eigenvalue weighted by atomic mass is 31.2. The summed E-state index contributed by atoms with van der Waals surface area (Å²) in [7, 11) is 5.22. The van der Waals surface area contributed by atoms with Gasteiger partial charge in [-0.25, -0.2) is 0 Å². The van der Waals surface area contributed by atoms with E-state index in [9.17, 15) is 0 Å². The largest absolute Gasteiger partial charge is 0.377 e. The van der Waals surface area contributed by atoms with Crippen molar-refractivity contribution in [2.24, 2.45) is 0 Å². The molecule has 0 unspecified atom stereocenters. The zero-order valence-electron chi connectivity index (χ0n) is 9.79. The first-order chi connectivity index (χ1) is 8.32. The molecule has 2 heteroatoms. The molecule has 0 saturated heterocycles. The Morgan fingerprint density at radius 2 is 1.18 bits per heavy atom. The van der Waals surface area contributed by atoms with Gasteiger partial charge in [-0.3, -0.25) is 0 Å². The maximum Gasteiger partial charge on any atom is 0.377 e. The molecule has 3 rings (SSSR count). The molecule has 0 aromatic heterocycles. The second kappa shape index (κ2) is 4.31. The van der Waals surface area contributed by atoms with Gasteiger partial charge in [-0.2, -0.15) is 0 Å². The Hall–Kier alpha value is -1.07. The smallest absolute Gasteiger partial charge is 0.0620 e. The second-order valence-electron chi connectivity index (χ2n) is 4.68. The quantitative estimate of drug-likeness (QED) is 0.568. The van der Waals surface area contributed by atoms with Gasteiger partial charge in [0.25, 0.3) is 0 Å². The third-order valence-corrected chi connectivity index (χ3v) is 7.46. The number of hydrogen-bond acceptors (Lipinski definition) is 0. The summed E-state index contributed by atoms with van der Waals surface area (Å²) in [6, 6.07) is 21.3. The van der Waals surface area contributed by atoms with E-state index in [2.05, 4.69) is 60.7 Å². The van der Waals surface area contributed by atoms with Crippen LogP contribution in [0, 0.1) is 0 Å². The lowest BCUT2D eigenvalue weighted by Crippen LogP contribution is -2.25. The standard InChI is InChI=1S/C15H15BP/c16-17(15-11-12-15,13-7-3-1-4-8-13)14-9-5-2-6-10-14/h1-10,15H,11-12H2/q+1. The van der Waals surface area contributed by atoms with Crippen molar-refractivity contribution in [3.8, 4) is 0 Å². The van der Waals surface area contributed by atoms with Crippen LogP contribution in [-0.4, -0.2) is 13.2 Å². The van der Waals surface area contributed by atoms with Crippen LogP contribution in [0.4, 0.5) is 0 Å². The summed E-state index contributed by atoms with van der Waals surface area (Å²) in [5.41, 5.74) is 0.701. The van der Waals surface area contributed by atoms with Gasteiger partial charge < -0.3 is 0 Å². The van der Waals surface area contributed by atoms with Crippen LogP contribution in [0.25, 0.3) is 0 Å². The van der Waals surface area contributed by atoms with Gasteiger partial charge in [0.1, 0.15) is 0 Å². The molecule has 0 bridgehead atoms. The topological polar surface area (TPSA) is 0 Å². The van der Waals surface area contributed by atoms with Crippen LogP contribution in [0.15, 0.2) is 60.7 Å². The van der Waals surface area contributed by atoms with Crippen molar-refractivity contribution in [1.82, 2.24) is 0 Å². The molecule has 82 valence electrons. The molecule has 2 radical (unpaired) electrons. The Bertz CT molecular complexity index is 451. The molecule has 1 saturated carbocycles. The molecule has 0 aliphatic heterocycles. The van der Waals surface area contributed by atoms with Crippen LogP contribution in [-0.2, 0) is 0 Å². The zero-order chi connectivity index (χ0) is 11.7. The molecule has 17 heavy (non-hydrogen) atoms. The summed E-state index contributed by atoms with van der Waals surface area (Å²) in [6.07, 6.45) is 2.57. The molecule has 2 aromatic rings. The molecule has 0 atom stereocenters. The average Bonchev–Trinajstić information content (AvgIpc) is 3.24. The van der Waals surface area contributed by atoms with Crippen LogP contribution in [0.5, 0.6) is 0 Å². The van der Waals surface area contributed by atoms with Gasteiger partial charge in [-0.1, -0.05) is 36.4 Å². The summed E-state index contributed by atoms with van der Waals surface area (Å²) in [4.78, 5) is 0. The molecule has 0 spiro atoms. The highest BCUT2D eigenvalue weighted by Gasteiger charge is 2.51. The monoisotopic (exact) mass is 237 g/mol. The Labute approximate surface area is 105 Å². The van der Waals surface area contributed by atoms with Crippen molar-refractivity contribution in [3.05, 3.63) is 60.7 Å². The van der Waals surface area contributed by atoms with Crippen molar-refractivity contribution in [2.45, 2.75) is 18.5 Å². The van der Waals surface area contributed by atoms with Crippen LogP contribution in [0.2, 0.25) is 0 Å². The summed E-state index contributed by atoms with van der Waals surface area (Å²) in [5.74, 6) is 0.